The van der Waals surface area contributed by atoms with Gasteiger partial charge in [0.25, 0.3) is 0 Å². The minimum Gasteiger partial charge on any atom is -0.379 e. The second kappa shape index (κ2) is 3.86. The Morgan fingerprint density at radius 3 is 2.20 bits per heavy atom. The van der Waals surface area contributed by atoms with E-state index in [0.717, 1.165) is 6.92 Å². The molecule has 0 atom stereocenters. The summed E-state index contributed by atoms with van der Waals surface area (Å²) >= 11 is 0. The summed E-state index contributed by atoms with van der Waals surface area (Å²) in [7, 11) is 0. The van der Waals surface area contributed by atoms with Crippen LogP contribution in [0.25, 0.3) is 0 Å². The van der Waals surface area contributed by atoms with Crippen LogP contribution in [0.2, 0.25) is 0 Å². The molecule has 0 rings (SSSR count). The van der Waals surface area contributed by atoms with Gasteiger partial charge in [-0.3, -0.25) is 0 Å². The van der Waals surface area contributed by atoms with E-state index in [1.54, 1.807) is 0 Å². The topological polar surface area (TPSA) is 9.23 Å². The molecule has 0 aliphatic heterocycles. The minimum absolute atomic E-state index is 0.0438. The van der Waals surface area contributed by atoms with Crippen LogP contribution in [0.1, 0.15) is 27.2 Å². The number of halogens is 2. The van der Waals surface area contributed by atoms with Crippen molar-refractivity contribution in [3.8, 4) is 0 Å². The third-order valence-electron chi connectivity index (χ3n) is 0.992. The lowest BCUT2D eigenvalue weighted by atomic mass is 10.3. The van der Waals surface area contributed by atoms with Gasteiger partial charge in [-0.25, -0.2) is 8.78 Å². The monoisotopic (exact) mass is 152 g/mol. The van der Waals surface area contributed by atoms with Crippen LogP contribution < -0.4 is 0 Å². The molecule has 3 heteroatoms. The van der Waals surface area contributed by atoms with Gasteiger partial charge in [0.1, 0.15) is 0 Å². The molecule has 0 bridgehead atoms. The fourth-order valence-electron chi connectivity index (χ4n) is 0.474. The Hall–Kier alpha value is -0.180. The van der Waals surface area contributed by atoms with Crippen LogP contribution >= 0.6 is 0 Å². The second-order valence-corrected chi connectivity index (χ2v) is 2.74. The van der Waals surface area contributed by atoms with E-state index in [0.29, 0.717) is 0 Å². The lowest BCUT2D eigenvalue weighted by molar-refractivity contribution is -0.0273. The average Bonchev–Trinajstić information content (AvgIpc) is 1.59. The summed E-state index contributed by atoms with van der Waals surface area (Å²) in [5.74, 6) is -2.59. The molecule has 0 aromatic rings. The van der Waals surface area contributed by atoms with Crippen LogP contribution in [0.15, 0.2) is 0 Å². The van der Waals surface area contributed by atoms with Crippen molar-refractivity contribution in [1.82, 2.24) is 0 Å². The van der Waals surface area contributed by atoms with Gasteiger partial charge in [0.05, 0.1) is 12.7 Å². The highest BCUT2D eigenvalue weighted by atomic mass is 19.3. The van der Waals surface area contributed by atoms with Crippen molar-refractivity contribution in [2.75, 3.05) is 6.61 Å². The van der Waals surface area contributed by atoms with Crippen molar-refractivity contribution >= 4 is 0 Å². The van der Waals surface area contributed by atoms with Crippen LogP contribution in [0.5, 0.6) is 0 Å². The third kappa shape index (κ3) is 7.82. The normalized spacial score (nSPS) is 12.6. The standard InChI is InChI=1S/C7H14F2O/c1-6(2)10-5-4-7(3,8)9/h6H,4-5H2,1-3H3. The fourth-order valence-corrected chi connectivity index (χ4v) is 0.474. The molecule has 0 saturated heterocycles. The van der Waals surface area contributed by atoms with E-state index in [4.69, 9.17) is 4.74 Å². The first kappa shape index (κ1) is 9.82. The SMILES string of the molecule is CC(C)OCCC(C)(F)F. The van der Waals surface area contributed by atoms with Gasteiger partial charge in [-0.1, -0.05) is 0 Å². The molecule has 0 unspecified atom stereocenters. The first-order valence-corrected chi connectivity index (χ1v) is 3.41. The Labute approximate surface area is 60.4 Å². The summed E-state index contributed by atoms with van der Waals surface area (Å²) < 4.78 is 29.1. The molecule has 0 saturated carbocycles. The summed E-state index contributed by atoms with van der Waals surface area (Å²) in [5, 5.41) is 0. The number of ether oxygens (including phenoxy) is 1. The summed E-state index contributed by atoms with van der Waals surface area (Å²) in [5.41, 5.74) is 0. The molecular formula is C7H14F2O. The highest BCUT2D eigenvalue weighted by Crippen LogP contribution is 2.16. The first-order valence-electron chi connectivity index (χ1n) is 3.41. The van der Waals surface area contributed by atoms with Gasteiger partial charge in [0.2, 0.25) is 5.92 Å². The molecular weight excluding hydrogens is 138 g/mol. The number of hydrogen-bond donors (Lipinski definition) is 0. The Balaban J connectivity index is 3.21. The van der Waals surface area contributed by atoms with Crippen molar-refractivity contribution in [2.45, 2.75) is 39.2 Å². The summed E-state index contributed by atoms with van der Waals surface area (Å²) in [6.45, 7) is 4.69. The van der Waals surface area contributed by atoms with Crippen LogP contribution in [-0.4, -0.2) is 18.6 Å². The van der Waals surface area contributed by atoms with E-state index in [1.807, 2.05) is 13.8 Å². The van der Waals surface area contributed by atoms with E-state index in [1.165, 1.54) is 0 Å². The zero-order valence-corrected chi connectivity index (χ0v) is 6.66. The maximum Gasteiger partial charge on any atom is 0.247 e. The fraction of sp³-hybridized carbons (Fsp3) is 1.00. The predicted molar refractivity (Wildman–Crippen MR) is 36.3 cm³/mol. The Bertz CT molecular complexity index is 86.1. The van der Waals surface area contributed by atoms with Gasteiger partial charge >= 0.3 is 0 Å². The molecule has 0 aliphatic carbocycles. The molecule has 0 aromatic heterocycles. The average molecular weight is 152 g/mol. The Morgan fingerprint density at radius 2 is 1.90 bits per heavy atom. The highest BCUT2D eigenvalue weighted by Gasteiger charge is 2.20. The highest BCUT2D eigenvalue weighted by molar-refractivity contribution is 4.56. The van der Waals surface area contributed by atoms with Crippen molar-refractivity contribution in [3.63, 3.8) is 0 Å². The molecule has 10 heavy (non-hydrogen) atoms. The molecule has 1 nitrogen and oxygen atoms in total. The van der Waals surface area contributed by atoms with Crippen molar-refractivity contribution < 1.29 is 13.5 Å². The molecule has 62 valence electrons. The van der Waals surface area contributed by atoms with Crippen molar-refractivity contribution in [2.24, 2.45) is 0 Å². The van der Waals surface area contributed by atoms with E-state index >= 15 is 0 Å². The van der Waals surface area contributed by atoms with Gasteiger partial charge in [-0.2, -0.15) is 0 Å². The molecule has 0 aliphatic rings. The zero-order valence-electron chi connectivity index (χ0n) is 6.66. The molecule has 0 heterocycles. The summed E-state index contributed by atoms with van der Waals surface area (Å²) in [6.07, 6.45) is -0.145. The quantitative estimate of drug-likeness (QED) is 0.601. The van der Waals surface area contributed by atoms with Crippen molar-refractivity contribution in [1.29, 1.82) is 0 Å². The van der Waals surface area contributed by atoms with Gasteiger partial charge in [-0.05, 0) is 20.8 Å². The molecule has 0 amide bonds. The first-order chi connectivity index (χ1) is 4.42. The van der Waals surface area contributed by atoms with E-state index in [2.05, 4.69) is 0 Å². The Morgan fingerprint density at radius 1 is 1.40 bits per heavy atom. The van der Waals surface area contributed by atoms with Gasteiger partial charge in [0, 0.05) is 6.42 Å². The third-order valence-corrected chi connectivity index (χ3v) is 0.992. The summed E-state index contributed by atoms with van der Waals surface area (Å²) in [6, 6.07) is 0. The number of hydrogen-bond acceptors (Lipinski definition) is 1. The minimum atomic E-state index is -2.59. The van der Waals surface area contributed by atoms with Crippen LogP contribution in [0, 0.1) is 0 Å². The largest absolute Gasteiger partial charge is 0.379 e. The van der Waals surface area contributed by atoms with Gasteiger partial charge in [0.15, 0.2) is 0 Å². The van der Waals surface area contributed by atoms with Crippen molar-refractivity contribution in [3.05, 3.63) is 0 Å². The molecule has 0 fully saturated rings. The maximum absolute atomic E-state index is 12.1. The molecule has 0 N–H and O–H groups in total. The maximum atomic E-state index is 12.1. The van der Waals surface area contributed by atoms with Gasteiger partial charge < -0.3 is 4.74 Å². The molecule has 0 radical (unpaired) electrons. The van der Waals surface area contributed by atoms with Crippen LogP contribution in [-0.2, 0) is 4.74 Å². The van der Waals surface area contributed by atoms with Crippen LogP contribution in [0.4, 0.5) is 8.78 Å². The van der Waals surface area contributed by atoms with Crippen LogP contribution in [0.3, 0.4) is 0 Å². The van der Waals surface area contributed by atoms with E-state index < -0.39 is 5.92 Å². The van der Waals surface area contributed by atoms with Gasteiger partial charge in [-0.15, -0.1) is 0 Å². The molecule has 0 spiro atoms. The number of alkyl halides is 2. The predicted octanol–water partition coefficient (Wildman–Crippen LogP) is 2.46. The summed E-state index contributed by atoms with van der Waals surface area (Å²) in [4.78, 5) is 0. The lowest BCUT2D eigenvalue weighted by Gasteiger charge is -2.11. The van der Waals surface area contributed by atoms with E-state index in [9.17, 15) is 8.78 Å². The molecule has 0 aromatic carbocycles. The smallest absolute Gasteiger partial charge is 0.247 e. The van der Waals surface area contributed by atoms with E-state index in [-0.39, 0.29) is 19.1 Å². The lowest BCUT2D eigenvalue weighted by Crippen LogP contribution is -2.15. The Kier molecular flexibility index (Phi) is 3.79. The number of rotatable bonds is 4. The second-order valence-electron chi connectivity index (χ2n) is 2.74. The zero-order chi connectivity index (χ0) is 8.20.